The van der Waals surface area contributed by atoms with Crippen molar-refractivity contribution in [2.24, 2.45) is 0 Å². The van der Waals surface area contributed by atoms with Gasteiger partial charge in [0.1, 0.15) is 34.2 Å². The van der Waals surface area contributed by atoms with Gasteiger partial charge in [-0.15, -0.1) is 0 Å². The van der Waals surface area contributed by atoms with Crippen LogP contribution in [0.5, 0.6) is 23.0 Å². The number of para-hydroxylation sites is 2. The normalized spacial score (nSPS) is 10.3. The molecular formula is C26H22O4. The Bertz CT molecular complexity index is 1160. The number of furan rings is 1. The van der Waals surface area contributed by atoms with Crippen LogP contribution in [0.25, 0.3) is 21.9 Å². The van der Waals surface area contributed by atoms with Crippen LogP contribution in [0, 0.1) is 0 Å². The van der Waals surface area contributed by atoms with Crippen LogP contribution >= 0.6 is 0 Å². The second-order valence-corrected chi connectivity index (χ2v) is 6.55. The summed E-state index contributed by atoms with van der Waals surface area (Å²) in [6, 6.07) is 31.1. The lowest BCUT2D eigenvalue weighted by Crippen LogP contribution is -1.88. The number of hydrogen-bond acceptors (Lipinski definition) is 4. The Kier molecular flexibility index (Phi) is 5.85. The average Bonchev–Trinajstić information content (AvgIpc) is 3.18. The van der Waals surface area contributed by atoms with E-state index in [2.05, 4.69) is 12.1 Å². The minimum Gasteiger partial charge on any atom is -0.497 e. The summed E-state index contributed by atoms with van der Waals surface area (Å²) >= 11 is 0. The van der Waals surface area contributed by atoms with Gasteiger partial charge in [-0.25, -0.2) is 0 Å². The molecule has 0 amide bonds. The van der Waals surface area contributed by atoms with Crippen LogP contribution in [0.4, 0.5) is 0 Å². The predicted octanol–water partition coefficient (Wildman–Crippen LogP) is 7.08. The monoisotopic (exact) mass is 398 g/mol. The molecule has 0 saturated heterocycles. The fourth-order valence-corrected chi connectivity index (χ4v) is 3.14. The highest BCUT2D eigenvalue weighted by Crippen LogP contribution is 2.28. The minimum absolute atomic E-state index is 0.734. The van der Waals surface area contributed by atoms with Crippen molar-refractivity contribution in [2.45, 2.75) is 0 Å². The predicted molar refractivity (Wildman–Crippen MR) is 120 cm³/mol. The van der Waals surface area contributed by atoms with Crippen LogP contribution in [0.15, 0.2) is 101 Å². The molecule has 0 aliphatic carbocycles. The fraction of sp³-hybridized carbons (Fsp3) is 0.0769. The summed E-state index contributed by atoms with van der Waals surface area (Å²) in [6.07, 6.45) is 0. The first-order chi connectivity index (χ1) is 14.8. The first-order valence-corrected chi connectivity index (χ1v) is 9.59. The van der Waals surface area contributed by atoms with E-state index in [9.17, 15) is 0 Å². The molecule has 1 heterocycles. The smallest absolute Gasteiger partial charge is 0.135 e. The van der Waals surface area contributed by atoms with Crippen molar-refractivity contribution in [2.75, 3.05) is 14.2 Å². The zero-order valence-electron chi connectivity index (χ0n) is 16.9. The molecule has 0 unspecified atom stereocenters. The molecule has 0 fully saturated rings. The summed E-state index contributed by atoms with van der Waals surface area (Å²) in [4.78, 5) is 0. The summed E-state index contributed by atoms with van der Waals surface area (Å²) < 4.78 is 21.6. The molecule has 150 valence electrons. The Hall–Kier alpha value is -3.92. The lowest BCUT2D eigenvalue weighted by molar-refractivity contribution is 0.404. The summed E-state index contributed by atoms with van der Waals surface area (Å²) in [5.74, 6) is 3.01. The number of ether oxygens (including phenoxy) is 3. The summed E-state index contributed by atoms with van der Waals surface area (Å²) in [5.41, 5.74) is 1.92. The number of rotatable bonds is 4. The largest absolute Gasteiger partial charge is 0.497 e. The quantitative estimate of drug-likeness (QED) is 0.324. The van der Waals surface area contributed by atoms with Crippen LogP contribution in [-0.2, 0) is 0 Å². The number of methoxy groups -OCH3 is 2. The number of benzene rings is 4. The van der Waals surface area contributed by atoms with Crippen LogP contribution in [0.2, 0.25) is 0 Å². The maximum Gasteiger partial charge on any atom is 0.135 e. The standard InChI is InChI=1S/C14H14O3.C12H8O/c1-15-11-5-3-7-13(9-11)17-14-8-4-6-12(10-14)16-2;1-3-7-11-9(5-1)10-6-2-4-8-12(10)13-11/h3-10H,1-2H3;1-8H. The van der Waals surface area contributed by atoms with Gasteiger partial charge >= 0.3 is 0 Å². The molecule has 0 N–H and O–H groups in total. The van der Waals surface area contributed by atoms with Crippen molar-refractivity contribution in [3.63, 3.8) is 0 Å². The Morgan fingerprint density at radius 1 is 0.500 bits per heavy atom. The van der Waals surface area contributed by atoms with Gasteiger partial charge in [-0.3, -0.25) is 0 Å². The van der Waals surface area contributed by atoms with Gasteiger partial charge in [0.2, 0.25) is 0 Å². The van der Waals surface area contributed by atoms with Crippen molar-refractivity contribution in [3.05, 3.63) is 97.1 Å². The molecular weight excluding hydrogens is 376 g/mol. The highest BCUT2D eigenvalue weighted by atomic mass is 16.5. The highest BCUT2D eigenvalue weighted by molar-refractivity contribution is 6.04. The molecule has 0 saturated carbocycles. The van der Waals surface area contributed by atoms with Gasteiger partial charge in [0.15, 0.2) is 0 Å². The second-order valence-electron chi connectivity index (χ2n) is 6.55. The molecule has 5 rings (SSSR count). The van der Waals surface area contributed by atoms with Crippen molar-refractivity contribution in [1.82, 2.24) is 0 Å². The lowest BCUT2D eigenvalue weighted by Gasteiger charge is -2.08. The molecule has 0 radical (unpaired) electrons. The molecule has 0 aliphatic heterocycles. The van der Waals surface area contributed by atoms with E-state index >= 15 is 0 Å². The summed E-state index contributed by atoms with van der Waals surface area (Å²) in [6.45, 7) is 0. The van der Waals surface area contributed by atoms with Gasteiger partial charge in [0, 0.05) is 22.9 Å². The van der Waals surface area contributed by atoms with Crippen molar-refractivity contribution >= 4 is 21.9 Å². The molecule has 4 nitrogen and oxygen atoms in total. The molecule has 5 aromatic rings. The van der Waals surface area contributed by atoms with E-state index in [0.29, 0.717) is 0 Å². The van der Waals surface area contributed by atoms with E-state index in [1.807, 2.05) is 84.9 Å². The van der Waals surface area contributed by atoms with E-state index in [0.717, 1.165) is 34.2 Å². The van der Waals surface area contributed by atoms with Gasteiger partial charge in [0.05, 0.1) is 14.2 Å². The van der Waals surface area contributed by atoms with Crippen molar-refractivity contribution in [3.8, 4) is 23.0 Å². The highest BCUT2D eigenvalue weighted by Gasteiger charge is 2.03. The summed E-state index contributed by atoms with van der Waals surface area (Å²) in [7, 11) is 3.26. The molecule has 4 heteroatoms. The first kappa shape index (κ1) is 19.4. The molecule has 0 bridgehead atoms. The van der Waals surface area contributed by atoms with Crippen LogP contribution in [-0.4, -0.2) is 14.2 Å². The molecule has 0 aliphatic rings. The summed E-state index contributed by atoms with van der Waals surface area (Å²) in [5, 5.41) is 2.39. The minimum atomic E-state index is 0.734. The molecule has 30 heavy (non-hydrogen) atoms. The van der Waals surface area contributed by atoms with Gasteiger partial charge in [-0.1, -0.05) is 48.5 Å². The Balaban J connectivity index is 0.000000150. The number of hydrogen-bond donors (Lipinski definition) is 0. The third-order valence-electron chi connectivity index (χ3n) is 4.60. The molecule has 1 aromatic heterocycles. The lowest BCUT2D eigenvalue weighted by atomic mass is 10.2. The Labute approximate surface area is 175 Å². The van der Waals surface area contributed by atoms with E-state index in [-0.39, 0.29) is 0 Å². The van der Waals surface area contributed by atoms with E-state index in [1.54, 1.807) is 14.2 Å². The Morgan fingerprint density at radius 2 is 0.933 bits per heavy atom. The van der Waals surface area contributed by atoms with E-state index in [4.69, 9.17) is 18.6 Å². The Morgan fingerprint density at radius 3 is 1.40 bits per heavy atom. The van der Waals surface area contributed by atoms with Gasteiger partial charge < -0.3 is 18.6 Å². The van der Waals surface area contributed by atoms with Gasteiger partial charge in [0.25, 0.3) is 0 Å². The molecule has 0 atom stereocenters. The van der Waals surface area contributed by atoms with E-state index < -0.39 is 0 Å². The molecule has 4 aromatic carbocycles. The van der Waals surface area contributed by atoms with Gasteiger partial charge in [-0.2, -0.15) is 0 Å². The van der Waals surface area contributed by atoms with Crippen LogP contribution in [0.3, 0.4) is 0 Å². The SMILES string of the molecule is COc1cccc(Oc2cccc(OC)c2)c1.c1ccc2c(c1)oc1ccccc12. The average molecular weight is 398 g/mol. The fourth-order valence-electron chi connectivity index (χ4n) is 3.14. The zero-order chi connectivity index (χ0) is 20.8. The maximum absolute atomic E-state index is 5.70. The topological polar surface area (TPSA) is 40.8 Å². The number of fused-ring (bicyclic) bond motifs is 3. The van der Waals surface area contributed by atoms with Crippen LogP contribution < -0.4 is 14.2 Å². The maximum atomic E-state index is 5.70. The molecule has 0 spiro atoms. The second kappa shape index (κ2) is 9.05. The van der Waals surface area contributed by atoms with E-state index in [1.165, 1.54) is 10.8 Å². The van der Waals surface area contributed by atoms with Crippen molar-refractivity contribution < 1.29 is 18.6 Å². The third-order valence-corrected chi connectivity index (χ3v) is 4.60. The van der Waals surface area contributed by atoms with Crippen molar-refractivity contribution in [1.29, 1.82) is 0 Å². The zero-order valence-corrected chi connectivity index (χ0v) is 16.9. The third kappa shape index (κ3) is 4.39. The van der Waals surface area contributed by atoms with Gasteiger partial charge in [-0.05, 0) is 36.4 Å². The first-order valence-electron chi connectivity index (χ1n) is 9.59. The van der Waals surface area contributed by atoms with Crippen LogP contribution in [0.1, 0.15) is 0 Å².